The molecular formula is C18H20FN3O. The topological polar surface area (TPSA) is 49.0 Å². The lowest BCUT2D eigenvalue weighted by atomic mass is 9.95. The predicted octanol–water partition coefficient (Wildman–Crippen LogP) is 2.83. The lowest BCUT2D eigenvalue weighted by Gasteiger charge is -2.30. The fraction of sp³-hybridized carbons (Fsp3) is 0.333. The molecule has 0 amide bonds. The molecule has 120 valence electrons. The molecule has 23 heavy (non-hydrogen) atoms. The average Bonchev–Trinajstić information content (AvgIpc) is 2.56. The number of allylic oxidation sites excluding steroid dienone is 1. The Bertz CT molecular complexity index is 733. The first-order chi connectivity index (χ1) is 11.2. The van der Waals surface area contributed by atoms with Gasteiger partial charge in [0.15, 0.2) is 0 Å². The van der Waals surface area contributed by atoms with Crippen LogP contribution in [0.15, 0.2) is 47.5 Å². The molecule has 4 nitrogen and oxygen atoms in total. The highest BCUT2D eigenvalue weighted by atomic mass is 19.1. The van der Waals surface area contributed by atoms with Gasteiger partial charge in [0.05, 0.1) is 0 Å². The number of rotatable bonds is 4. The van der Waals surface area contributed by atoms with E-state index in [0.29, 0.717) is 18.2 Å². The van der Waals surface area contributed by atoms with Gasteiger partial charge in [-0.05, 0) is 49.5 Å². The van der Waals surface area contributed by atoms with Gasteiger partial charge >= 0.3 is 0 Å². The van der Waals surface area contributed by atoms with Crippen molar-refractivity contribution in [1.82, 2.24) is 14.9 Å². The van der Waals surface area contributed by atoms with E-state index in [1.54, 1.807) is 24.5 Å². The van der Waals surface area contributed by atoms with Crippen molar-refractivity contribution in [2.45, 2.75) is 19.4 Å². The Balaban J connectivity index is 1.52. The summed E-state index contributed by atoms with van der Waals surface area (Å²) in [5.41, 5.74) is 1.36. The van der Waals surface area contributed by atoms with Gasteiger partial charge in [-0.3, -0.25) is 14.7 Å². The molecule has 0 radical (unpaired) electrons. The van der Waals surface area contributed by atoms with E-state index in [4.69, 9.17) is 0 Å². The van der Waals surface area contributed by atoms with E-state index in [0.717, 1.165) is 31.5 Å². The summed E-state index contributed by atoms with van der Waals surface area (Å²) in [6.45, 7) is 2.47. The molecule has 0 saturated carbocycles. The summed E-state index contributed by atoms with van der Waals surface area (Å²) in [5, 5.41) is 0. The standard InChI is InChI=1S/C18H20FN3O/c19-16-3-1-2-15(12-16)5-4-14-6-10-22(11-7-14)13-17-18(23)21-9-8-20-17/h1-5,8-9,12,14H,6-7,10-11,13H2,(H,21,23)/b5-4+. The maximum Gasteiger partial charge on any atom is 0.270 e. The van der Waals surface area contributed by atoms with Crippen molar-refractivity contribution >= 4 is 6.08 Å². The number of benzene rings is 1. The Morgan fingerprint density at radius 2 is 2.17 bits per heavy atom. The summed E-state index contributed by atoms with van der Waals surface area (Å²) in [7, 11) is 0. The minimum atomic E-state index is -0.206. The summed E-state index contributed by atoms with van der Waals surface area (Å²) in [5.74, 6) is 0.291. The highest BCUT2D eigenvalue weighted by Gasteiger charge is 2.18. The second-order valence-corrected chi connectivity index (χ2v) is 5.89. The molecule has 5 heteroatoms. The molecule has 0 atom stereocenters. The van der Waals surface area contributed by atoms with Crippen LogP contribution in [-0.2, 0) is 6.54 Å². The minimum absolute atomic E-state index is 0.111. The van der Waals surface area contributed by atoms with Gasteiger partial charge in [-0.15, -0.1) is 0 Å². The molecule has 2 heterocycles. The smallest absolute Gasteiger partial charge is 0.270 e. The zero-order valence-corrected chi connectivity index (χ0v) is 12.9. The fourth-order valence-electron chi connectivity index (χ4n) is 2.87. The number of hydrogen-bond acceptors (Lipinski definition) is 3. The molecule has 1 fully saturated rings. The second-order valence-electron chi connectivity index (χ2n) is 5.89. The molecular weight excluding hydrogens is 293 g/mol. The maximum absolute atomic E-state index is 13.1. The quantitative estimate of drug-likeness (QED) is 0.944. The number of aromatic amines is 1. The Hall–Kier alpha value is -2.27. The monoisotopic (exact) mass is 313 g/mol. The van der Waals surface area contributed by atoms with Crippen LogP contribution in [0.5, 0.6) is 0 Å². The normalized spacial score (nSPS) is 16.9. The second kappa shape index (κ2) is 7.33. The van der Waals surface area contributed by atoms with Gasteiger partial charge in [0.25, 0.3) is 5.56 Å². The zero-order valence-electron chi connectivity index (χ0n) is 12.9. The molecule has 1 aromatic heterocycles. The van der Waals surface area contributed by atoms with Gasteiger partial charge in [0.1, 0.15) is 11.5 Å². The lowest BCUT2D eigenvalue weighted by molar-refractivity contribution is 0.193. The van der Waals surface area contributed by atoms with Crippen molar-refractivity contribution in [3.63, 3.8) is 0 Å². The summed E-state index contributed by atoms with van der Waals surface area (Å²) < 4.78 is 13.1. The highest BCUT2D eigenvalue weighted by Crippen LogP contribution is 2.20. The van der Waals surface area contributed by atoms with E-state index in [1.165, 1.54) is 6.07 Å². The lowest BCUT2D eigenvalue weighted by Crippen LogP contribution is -2.34. The van der Waals surface area contributed by atoms with Gasteiger partial charge in [-0.2, -0.15) is 0 Å². The van der Waals surface area contributed by atoms with Crippen LogP contribution >= 0.6 is 0 Å². The Labute approximate surface area is 134 Å². The van der Waals surface area contributed by atoms with E-state index in [-0.39, 0.29) is 11.4 Å². The summed E-state index contributed by atoms with van der Waals surface area (Å²) >= 11 is 0. The van der Waals surface area contributed by atoms with Gasteiger partial charge in [-0.1, -0.05) is 24.3 Å². The van der Waals surface area contributed by atoms with Crippen molar-refractivity contribution < 1.29 is 4.39 Å². The highest BCUT2D eigenvalue weighted by molar-refractivity contribution is 5.49. The zero-order chi connectivity index (χ0) is 16.1. The Kier molecular flexibility index (Phi) is 4.98. The number of piperidine rings is 1. The first-order valence-electron chi connectivity index (χ1n) is 7.89. The molecule has 1 N–H and O–H groups in total. The average molecular weight is 313 g/mol. The van der Waals surface area contributed by atoms with Crippen molar-refractivity contribution in [2.75, 3.05) is 13.1 Å². The molecule has 3 rings (SSSR count). The molecule has 1 saturated heterocycles. The third-order valence-electron chi connectivity index (χ3n) is 4.20. The number of aromatic nitrogens is 2. The molecule has 2 aromatic rings. The summed E-state index contributed by atoms with van der Waals surface area (Å²) in [4.78, 5) is 20.7. The van der Waals surface area contributed by atoms with Gasteiger partial charge in [0, 0.05) is 18.9 Å². The van der Waals surface area contributed by atoms with Gasteiger partial charge in [-0.25, -0.2) is 4.39 Å². The first-order valence-corrected chi connectivity index (χ1v) is 7.89. The number of likely N-dealkylation sites (tertiary alicyclic amines) is 1. The molecule has 1 aromatic carbocycles. The van der Waals surface area contributed by atoms with E-state index >= 15 is 0 Å². The Morgan fingerprint density at radius 1 is 1.35 bits per heavy atom. The molecule has 0 spiro atoms. The number of H-pyrrole nitrogens is 1. The molecule has 0 bridgehead atoms. The number of hydrogen-bond donors (Lipinski definition) is 1. The first kappa shape index (κ1) is 15.6. The third-order valence-corrected chi connectivity index (χ3v) is 4.20. The van der Waals surface area contributed by atoms with Crippen molar-refractivity contribution in [1.29, 1.82) is 0 Å². The largest absolute Gasteiger partial charge is 0.326 e. The van der Waals surface area contributed by atoms with Crippen molar-refractivity contribution in [2.24, 2.45) is 5.92 Å². The van der Waals surface area contributed by atoms with E-state index in [2.05, 4.69) is 20.9 Å². The molecule has 1 aliphatic heterocycles. The predicted molar refractivity (Wildman–Crippen MR) is 88.3 cm³/mol. The molecule has 1 aliphatic rings. The van der Waals surface area contributed by atoms with Crippen LogP contribution < -0.4 is 5.56 Å². The fourth-order valence-corrected chi connectivity index (χ4v) is 2.87. The van der Waals surface area contributed by atoms with Gasteiger partial charge < -0.3 is 4.98 Å². The Morgan fingerprint density at radius 3 is 2.91 bits per heavy atom. The minimum Gasteiger partial charge on any atom is -0.326 e. The maximum atomic E-state index is 13.1. The van der Waals surface area contributed by atoms with Crippen LogP contribution in [0.1, 0.15) is 24.1 Å². The van der Waals surface area contributed by atoms with Crippen LogP contribution in [0.25, 0.3) is 6.08 Å². The van der Waals surface area contributed by atoms with Crippen LogP contribution in [-0.4, -0.2) is 28.0 Å². The molecule has 0 unspecified atom stereocenters. The molecule has 0 aliphatic carbocycles. The number of nitrogens with zero attached hydrogens (tertiary/aromatic N) is 2. The van der Waals surface area contributed by atoms with E-state index in [9.17, 15) is 9.18 Å². The SMILES string of the molecule is O=c1[nH]ccnc1CN1CCC(/C=C/c2cccc(F)c2)CC1. The third kappa shape index (κ3) is 4.36. The van der Waals surface area contributed by atoms with Crippen LogP contribution in [0, 0.1) is 11.7 Å². The van der Waals surface area contributed by atoms with Gasteiger partial charge in [0.2, 0.25) is 0 Å². The van der Waals surface area contributed by atoms with Crippen LogP contribution in [0.3, 0.4) is 0 Å². The summed E-state index contributed by atoms with van der Waals surface area (Å²) in [6, 6.07) is 6.62. The summed E-state index contributed by atoms with van der Waals surface area (Å²) in [6.07, 6.45) is 9.40. The number of halogens is 1. The van der Waals surface area contributed by atoms with E-state index in [1.807, 2.05) is 12.1 Å². The van der Waals surface area contributed by atoms with E-state index < -0.39 is 0 Å². The number of nitrogens with one attached hydrogen (secondary N) is 1. The van der Waals surface area contributed by atoms with Crippen molar-refractivity contribution in [3.8, 4) is 0 Å². The van der Waals surface area contributed by atoms with Crippen molar-refractivity contribution in [3.05, 3.63) is 70.2 Å². The van der Waals surface area contributed by atoms with Crippen LogP contribution in [0.4, 0.5) is 4.39 Å². The van der Waals surface area contributed by atoms with Crippen LogP contribution in [0.2, 0.25) is 0 Å².